The molecule has 0 spiro atoms. The maximum Gasteiger partial charge on any atom is 0.0931 e. The summed E-state index contributed by atoms with van der Waals surface area (Å²) >= 11 is 7.80. The monoisotopic (exact) mass is 314 g/mol. The second-order valence-electron chi connectivity index (χ2n) is 5.93. The van der Waals surface area contributed by atoms with Gasteiger partial charge >= 0.3 is 0 Å². The Balaban J connectivity index is 2.05. The Morgan fingerprint density at radius 3 is 2.55 bits per heavy atom. The van der Waals surface area contributed by atoms with Crippen molar-refractivity contribution in [2.75, 3.05) is 13.1 Å². The fourth-order valence-corrected chi connectivity index (χ4v) is 4.57. The highest BCUT2D eigenvalue weighted by atomic mass is 35.5. The van der Waals surface area contributed by atoms with Gasteiger partial charge < -0.3 is 5.73 Å². The SMILES string of the molecule is CCCC1CCN(C(c2ccc(Cl)s2)C(N)CC)CC1. The molecule has 114 valence electrons. The zero-order chi connectivity index (χ0) is 14.5. The zero-order valence-electron chi connectivity index (χ0n) is 12.6. The predicted molar refractivity (Wildman–Crippen MR) is 89.5 cm³/mol. The van der Waals surface area contributed by atoms with Crippen LogP contribution in [0, 0.1) is 5.92 Å². The van der Waals surface area contributed by atoms with Gasteiger partial charge in [0.1, 0.15) is 0 Å². The highest BCUT2D eigenvalue weighted by molar-refractivity contribution is 7.16. The van der Waals surface area contributed by atoms with Crippen LogP contribution in [-0.2, 0) is 0 Å². The Morgan fingerprint density at radius 2 is 2.05 bits per heavy atom. The lowest BCUT2D eigenvalue weighted by molar-refractivity contribution is 0.113. The van der Waals surface area contributed by atoms with Crippen molar-refractivity contribution in [3.05, 3.63) is 21.3 Å². The highest BCUT2D eigenvalue weighted by Gasteiger charge is 2.30. The average Bonchev–Trinajstić information content (AvgIpc) is 2.87. The standard InChI is InChI=1S/C16H27ClN2S/c1-3-5-12-8-10-19(11-9-12)16(13(18)4-2)14-6-7-15(17)20-14/h6-7,12-13,16H,3-5,8-11,18H2,1-2H3. The summed E-state index contributed by atoms with van der Waals surface area (Å²) in [6, 6.07) is 4.71. The number of nitrogens with zero attached hydrogens (tertiary/aromatic N) is 1. The number of hydrogen-bond donors (Lipinski definition) is 1. The van der Waals surface area contributed by atoms with Gasteiger partial charge in [-0.15, -0.1) is 11.3 Å². The first-order valence-electron chi connectivity index (χ1n) is 7.90. The molecule has 2 rings (SSSR count). The number of likely N-dealkylation sites (tertiary alicyclic amines) is 1. The Labute approximate surface area is 132 Å². The third-order valence-electron chi connectivity index (χ3n) is 4.50. The molecule has 1 fully saturated rings. The molecule has 4 heteroatoms. The Morgan fingerprint density at radius 1 is 1.35 bits per heavy atom. The molecule has 1 aliphatic rings. The quantitative estimate of drug-likeness (QED) is 0.825. The third kappa shape index (κ3) is 3.97. The van der Waals surface area contributed by atoms with Gasteiger partial charge in [0.25, 0.3) is 0 Å². The maximum absolute atomic E-state index is 6.40. The summed E-state index contributed by atoms with van der Waals surface area (Å²) in [4.78, 5) is 3.92. The van der Waals surface area contributed by atoms with E-state index in [0.29, 0.717) is 6.04 Å². The van der Waals surface area contributed by atoms with Crippen LogP contribution in [0.25, 0.3) is 0 Å². The molecule has 2 nitrogen and oxygen atoms in total. The minimum Gasteiger partial charge on any atom is -0.326 e. The molecular weight excluding hydrogens is 288 g/mol. The van der Waals surface area contributed by atoms with Crippen molar-refractivity contribution < 1.29 is 0 Å². The molecule has 0 saturated carbocycles. The van der Waals surface area contributed by atoms with Gasteiger partial charge in [-0.25, -0.2) is 0 Å². The summed E-state index contributed by atoms with van der Waals surface area (Å²) in [6.45, 7) is 6.82. The minimum atomic E-state index is 0.201. The van der Waals surface area contributed by atoms with Crippen LogP contribution >= 0.6 is 22.9 Å². The lowest BCUT2D eigenvalue weighted by Crippen LogP contribution is -2.44. The van der Waals surface area contributed by atoms with Crippen LogP contribution in [0.4, 0.5) is 0 Å². The molecule has 0 bridgehead atoms. The summed E-state index contributed by atoms with van der Waals surface area (Å²) in [5.74, 6) is 0.918. The molecule has 2 N–H and O–H groups in total. The lowest BCUT2D eigenvalue weighted by Gasteiger charge is -2.39. The normalized spacial score (nSPS) is 21.0. The number of nitrogens with two attached hydrogens (primary N) is 1. The van der Waals surface area contributed by atoms with E-state index in [1.165, 1.54) is 43.6 Å². The summed E-state index contributed by atoms with van der Waals surface area (Å²) < 4.78 is 0.870. The first-order chi connectivity index (χ1) is 9.65. The van der Waals surface area contributed by atoms with Crippen molar-refractivity contribution >= 4 is 22.9 Å². The minimum absolute atomic E-state index is 0.201. The Kier molecular flexibility index (Phi) is 6.34. The molecule has 2 heterocycles. The van der Waals surface area contributed by atoms with Crippen molar-refractivity contribution in [1.82, 2.24) is 4.90 Å². The van der Waals surface area contributed by atoms with Gasteiger partial charge in [-0.3, -0.25) is 4.90 Å². The van der Waals surface area contributed by atoms with Crippen molar-refractivity contribution in [3.63, 3.8) is 0 Å². The first kappa shape index (κ1) is 16.3. The predicted octanol–water partition coefficient (Wildman–Crippen LogP) is 4.69. The number of hydrogen-bond acceptors (Lipinski definition) is 3. The van der Waals surface area contributed by atoms with Crippen molar-refractivity contribution in [1.29, 1.82) is 0 Å². The molecule has 0 aliphatic carbocycles. The summed E-state index contributed by atoms with van der Waals surface area (Å²) in [5, 5.41) is 0. The van der Waals surface area contributed by atoms with E-state index in [-0.39, 0.29) is 6.04 Å². The van der Waals surface area contributed by atoms with Gasteiger partial charge in [0, 0.05) is 10.9 Å². The second kappa shape index (κ2) is 7.79. The van der Waals surface area contributed by atoms with E-state index in [9.17, 15) is 0 Å². The molecule has 2 unspecified atom stereocenters. The number of thiophene rings is 1. The summed E-state index contributed by atoms with van der Waals surface area (Å²) in [7, 11) is 0. The van der Waals surface area contributed by atoms with Crippen LogP contribution in [0.1, 0.15) is 56.9 Å². The summed E-state index contributed by atoms with van der Waals surface area (Å²) in [6.07, 6.45) is 6.33. The van der Waals surface area contributed by atoms with Gasteiger partial charge in [0.05, 0.1) is 10.4 Å². The fraction of sp³-hybridized carbons (Fsp3) is 0.750. The smallest absolute Gasteiger partial charge is 0.0931 e. The Bertz CT molecular complexity index is 399. The lowest BCUT2D eigenvalue weighted by atomic mass is 9.90. The van der Waals surface area contributed by atoms with E-state index < -0.39 is 0 Å². The number of rotatable bonds is 6. The van der Waals surface area contributed by atoms with Crippen molar-refractivity contribution in [2.24, 2.45) is 11.7 Å². The van der Waals surface area contributed by atoms with E-state index >= 15 is 0 Å². The van der Waals surface area contributed by atoms with Crippen LogP contribution < -0.4 is 5.73 Å². The van der Waals surface area contributed by atoms with Crippen LogP contribution in [0.15, 0.2) is 12.1 Å². The number of piperidine rings is 1. The summed E-state index contributed by atoms with van der Waals surface area (Å²) in [5.41, 5.74) is 6.40. The van der Waals surface area contributed by atoms with Crippen molar-refractivity contribution in [3.8, 4) is 0 Å². The molecular formula is C16H27ClN2S. The maximum atomic E-state index is 6.40. The molecule has 1 aliphatic heterocycles. The largest absolute Gasteiger partial charge is 0.326 e. The van der Waals surface area contributed by atoms with Gasteiger partial charge in [0.15, 0.2) is 0 Å². The third-order valence-corrected chi connectivity index (χ3v) is 5.80. The van der Waals surface area contributed by atoms with E-state index in [1.807, 2.05) is 6.07 Å². The van der Waals surface area contributed by atoms with Gasteiger partial charge in [-0.2, -0.15) is 0 Å². The van der Waals surface area contributed by atoms with E-state index in [4.69, 9.17) is 17.3 Å². The van der Waals surface area contributed by atoms with E-state index in [2.05, 4.69) is 24.8 Å². The zero-order valence-corrected chi connectivity index (χ0v) is 14.2. The first-order valence-corrected chi connectivity index (χ1v) is 9.10. The number of halogens is 1. The molecule has 0 radical (unpaired) electrons. The topological polar surface area (TPSA) is 29.3 Å². The molecule has 1 aromatic rings. The van der Waals surface area contributed by atoms with E-state index in [1.54, 1.807) is 11.3 Å². The molecule has 20 heavy (non-hydrogen) atoms. The van der Waals surface area contributed by atoms with Gasteiger partial charge in [0.2, 0.25) is 0 Å². The molecule has 0 amide bonds. The average molecular weight is 315 g/mol. The van der Waals surface area contributed by atoms with Crippen LogP contribution in [0.5, 0.6) is 0 Å². The van der Waals surface area contributed by atoms with Crippen molar-refractivity contribution in [2.45, 2.75) is 58.0 Å². The fourth-order valence-electron chi connectivity index (χ4n) is 3.30. The molecule has 1 saturated heterocycles. The second-order valence-corrected chi connectivity index (χ2v) is 7.67. The highest BCUT2D eigenvalue weighted by Crippen LogP contribution is 2.35. The van der Waals surface area contributed by atoms with Gasteiger partial charge in [-0.1, -0.05) is 38.3 Å². The van der Waals surface area contributed by atoms with Crippen LogP contribution in [-0.4, -0.2) is 24.0 Å². The molecule has 1 aromatic heterocycles. The van der Waals surface area contributed by atoms with Crippen LogP contribution in [0.3, 0.4) is 0 Å². The molecule has 0 aromatic carbocycles. The van der Waals surface area contributed by atoms with Gasteiger partial charge in [-0.05, 0) is 50.4 Å². The Hall–Kier alpha value is -0.0900. The van der Waals surface area contributed by atoms with Crippen LogP contribution in [0.2, 0.25) is 4.34 Å². The molecule has 2 atom stereocenters. The van der Waals surface area contributed by atoms with E-state index in [0.717, 1.165) is 16.7 Å².